The number of H-pyrrole nitrogens is 1. The molecular formula is C17H17N3O4. The lowest BCUT2D eigenvalue weighted by Crippen LogP contribution is -2.28. The Labute approximate surface area is 138 Å². The second-order valence-corrected chi connectivity index (χ2v) is 5.04. The first-order valence-electron chi connectivity index (χ1n) is 7.54. The van der Waals surface area contributed by atoms with E-state index in [2.05, 4.69) is 15.6 Å². The number of aromatic nitrogens is 1. The van der Waals surface area contributed by atoms with Crippen LogP contribution in [0.3, 0.4) is 0 Å². The number of urea groups is 1. The summed E-state index contributed by atoms with van der Waals surface area (Å²) in [6, 6.07) is 10.3. The number of fused-ring (bicyclic) bond motifs is 1. The van der Waals surface area contributed by atoms with E-state index in [-0.39, 0.29) is 24.9 Å². The third-order valence-electron chi connectivity index (χ3n) is 3.40. The Morgan fingerprint density at radius 1 is 1.21 bits per heavy atom. The van der Waals surface area contributed by atoms with Crippen molar-refractivity contribution in [1.29, 1.82) is 0 Å². The van der Waals surface area contributed by atoms with Gasteiger partial charge in [-0.05, 0) is 37.3 Å². The molecule has 2 amide bonds. The van der Waals surface area contributed by atoms with Crippen LogP contribution in [0, 0.1) is 0 Å². The van der Waals surface area contributed by atoms with E-state index in [4.69, 9.17) is 9.15 Å². The summed E-state index contributed by atoms with van der Waals surface area (Å²) in [4.78, 5) is 26.6. The van der Waals surface area contributed by atoms with Crippen LogP contribution in [-0.4, -0.2) is 23.6 Å². The normalized spacial score (nSPS) is 10.5. The van der Waals surface area contributed by atoms with Crippen molar-refractivity contribution in [2.75, 3.05) is 11.9 Å². The maximum absolute atomic E-state index is 12.0. The van der Waals surface area contributed by atoms with Crippen LogP contribution in [0.15, 0.2) is 47.0 Å². The van der Waals surface area contributed by atoms with Crippen LogP contribution in [-0.2, 0) is 11.3 Å². The van der Waals surface area contributed by atoms with E-state index >= 15 is 0 Å². The molecule has 7 nitrogen and oxygen atoms in total. The number of furan rings is 1. The van der Waals surface area contributed by atoms with Gasteiger partial charge in [-0.15, -0.1) is 0 Å². The highest BCUT2D eigenvalue weighted by molar-refractivity contribution is 6.00. The SMILES string of the molecule is CCOC(=O)c1ccc(CNC(=O)Nc2cccc3[nH]ccc23)o1. The number of ether oxygens (including phenoxy) is 1. The average molecular weight is 327 g/mol. The molecule has 0 aliphatic carbocycles. The smallest absolute Gasteiger partial charge is 0.374 e. The van der Waals surface area contributed by atoms with Gasteiger partial charge in [0.15, 0.2) is 0 Å². The Bertz CT molecular complexity index is 865. The minimum Gasteiger partial charge on any atom is -0.460 e. The van der Waals surface area contributed by atoms with E-state index in [0.717, 1.165) is 10.9 Å². The molecule has 7 heteroatoms. The molecular weight excluding hydrogens is 310 g/mol. The summed E-state index contributed by atoms with van der Waals surface area (Å²) < 4.78 is 10.2. The summed E-state index contributed by atoms with van der Waals surface area (Å²) in [6.07, 6.45) is 1.81. The lowest BCUT2D eigenvalue weighted by atomic mass is 10.2. The highest BCUT2D eigenvalue weighted by Crippen LogP contribution is 2.21. The summed E-state index contributed by atoms with van der Waals surface area (Å²) in [5.74, 6) is 0.0616. The number of nitrogens with one attached hydrogen (secondary N) is 3. The molecule has 1 aromatic carbocycles. The summed E-state index contributed by atoms with van der Waals surface area (Å²) in [6.45, 7) is 2.16. The highest BCUT2D eigenvalue weighted by atomic mass is 16.5. The van der Waals surface area contributed by atoms with Crippen LogP contribution in [0.25, 0.3) is 10.9 Å². The molecule has 0 spiro atoms. The van der Waals surface area contributed by atoms with Crippen molar-refractivity contribution in [1.82, 2.24) is 10.3 Å². The monoisotopic (exact) mass is 327 g/mol. The predicted octanol–water partition coefficient (Wildman–Crippen LogP) is 3.26. The Morgan fingerprint density at radius 2 is 2.08 bits per heavy atom. The van der Waals surface area contributed by atoms with E-state index in [1.807, 2.05) is 30.5 Å². The fourth-order valence-corrected chi connectivity index (χ4v) is 2.31. The van der Waals surface area contributed by atoms with Gasteiger partial charge in [-0.25, -0.2) is 9.59 Å². The Hall–Kier alpha value is -3.22. The molecule has 24 heavy (non-hydrogen) atoms. The molecule has 0 fully saturated rings. The number of carbonyl (C=O) groups is 2. The zero-order valence-corrected chi connectivity index (χ0v) is 13.1. The molecule has 0 saturated heterocycles. The van der Waals surface area contributed by atoms with Gasteiger partial charge in [0, 0.05) is 17.1 Å². The van der Waals surface area contributed by atoms with Gasteiger partial charge >= 0.3 is 12.0 Å². The molecule has 124 valence electrons. The van der Waals surface area contributed by atoms with Crippen LogP contribution < -0.4 is 10.6 Å². The quantitative estimate of drug-likeness (QED) is 0.627. The molecule has 2 heterocycles. The lowest BCUT2D eigenvalue weighted by Gasteiger charge is -2.07. The first-order valence-corrected chi connectivity index (χ1v) is 7.54. The highest BCUT2D eigenvalue weighted by Gasteiger charge is 2.12. The van der Waals surface area contributed by atoms with Crippen LogP contribution in [0.5, 0.6) is 0 Å². The first kappa shape index (κ1) is 15.7. The van der Waals surface area contributed by atoms with E-state index in [9.17, 15) is 9.59 Å². The molecule has 2 aromatic heterocycles. The maximum Gasteiger partial charge on any atom is 0.374 e. The number of hydrogen-bond acceptors (Lipinski definition) is 4. The van der Waals surface area contributed by atoms with Gasteiger partial charge in [-0.1, -0.05) is 6.07 Å². The number of anilines is 1. The van der Waals surface area contributed by atoms with E-state index < -0.39 is 5.97 Å². The van der Waals surface area contributed by atoms with Crippen LogP contribution in [0.4, 0.5) is 10.5 Å². The second-order valence-electron chi connectivity index (χ2n) is 5.04. The van der Waals surface area contributed by atoms with E-state index in [0.29, 0.717) is 11.4 Å². The molecule has 0 aliphatic heterocycles. The van der Waals surface area contributed by atoms with Gasteiger partial charge in [-0.3, -0.25) is 0 Å². The van der Waals surface area contributed by atoms with E-state index in [1.165, 1.54) is 6.07 Å². The number of benzene rings is 1. The first-order chi connectivity index (χ1) is 11.7. The summed E-state index contributed by atoms with van der Waals surface area (Å²) in [5.41, 5.74) is 1.65. The molecule has 0 unspecified atom stereocenters. The van der Waals surface area contributed by atoms with Crippen molar-refractivity contribution in [2.45, 2.75) is 13.5 Å². The fraction of sp³-hybridized carbons (Fsp3) is 0.176. The average Bonchev–Trinajstić information content (AvgIpc) is 3.23. The van der Waals surface area contributed by atoms with Gasteiger partial charge in [0.05, 0.1) is 18.8 Å². The van der Waals surface area contributed by atoms with Crippen molar-refractivity contribution >= 4 is 28.6 Å². The molecule has 3 aromatic rings. The van der Waals surface area contributed by atoms with Crippen molar-refractivity contribution in [2.24, 2.45) is 0 Å². The number of amides is 2. The molecule has 0 bridgehead atoms. The van der Waals surface area contributed by atoms with Crippen LogP contribution in [0.2, 0.25) is 0 Å². The molecule has 0 atom stereocenters. The van der Waals surface area contributed by atoms with Crippen molar-refractivity contribution in [3.63, 3.8) is 0 Å². The maximum atomic E-state index is 12.0. The molecule has 0 radical (unpaired) electrons. The third-order valence-corrected chi connectivity index (χ3v) is 3.40. The summed E-state index contributed by atoms with van der Waals surface area (Å²) in [5, 5.41) is 6.40. The number of aromatic amines is 1. The summed E-state index contributed by atoms with van der Waals surface area (Å²) >= 11 is 0. The van der Waals surface area contributed by atoms with Gasteiger partial charge in [0.1, 0.15) is 5.76 Å². The van der Waals surface area contributed by atoms with Gasteiger partial charge in [0.25, 0.3) is 0 Å². The molecule has 3 rings (SSSR count). The largest absolute Gasteiger partial charge is 0.460 e. The van der Waals surface area contributed by atoms with Crippen LogP contribution >= 0.6 is 0 Å². The topological polar surface area (TPSA) is 96.4 Å². The predicted molar refractivity (Wildman–Crippen MR) is 88.8 cm³/mol. The van der Waals surface area contributed by atoms with E-state index in [1.54, 1.807) is 13.0 Å². The van der Waals surface area contributed by atoms with Crippen LogP contribution in [0.1, 0.15) is 23.2 Å². The molecule has 0 saturated carbocycles. The zero-order chi connectivity index (χ0) is 16.9. The second kappa shape index (κ2) is 6.91. The van der Waals surface area contributed by atoms with Gasteiger partial charge in [0.2, 0.25) is 5.76 Å². The number of rotatable bonds is 5. The number of hydrogen-bond donors (Lipinski definition) is 3. The fourth-order valence-electron chi connectivity index (χ4n) is 2.31. The Morgan fingerprint density at radius 3 is 2.92 bits per heavy atom. The number of carbonyl (C=O) groups excluding carboxylic acids is 2. The van der Waals surface area contributed by atoms with Crippen molar-refractivity contribution < 1.29 is 18.7 Å². The van der Waals surface area contributed by atoms with Crippen molar-refractivity contribution in [3.05, 3.63) is 54.1 Å². The zero-order valence-electron chi connectivity index (χ0n) is 13.1. The van der Waals surface area contributed by atoms with Crippen molar-refractivity contribution in [3.8, 4) is 0 Å². The van der Waals surface area contributed by atoms with Gasteiger partial charge in [-0.2, -0.15) is 0 Å². The van der Waals surface area contributed by atoms with Gasteiger partial charge < -0.3 is 24.8 Å². The Balaban J connectivity index is 1.58. The lowest BCUT2D eigenvalue weighted by molar-refractivity contribution is 0.0488. The molecule has 3 N–H and O–H groups in total. The Kier molecular flexibility index (Phi) is 4.51. The minimum absolute atomic E-state index is 0.117. The third kappa shape index (κ3) is 3.40. The minimum atomic E-state index is -0.521. The summed E-state index contributed by atoms with van der Waals surface area (Å²) in [7, 11) is 0. The standard InChI is InChI=1S/C17H17N3O4/c1-2-23-16(21)15-7-6-11(24-15)10-19-17(22)20-14-5-3-4-13-12(14)8-9-18-13/h3-9,18H,2,10H2,1H3,(H2,19,20,22). The number of esters is 1. The molecule has 0 aliphatic rings.